The smallest absolute Gasteiger partial charge is 0.267 e. The summed E-state index contributed by atoms with van der Waals surface area (Å²) in [6.07, 6.45) is 2.75. The second-order valence-electron chi connectivity index (χ2n) is 7.82. The average Bonchev–Trinajstić information content (AvgIpc) is 2.78. The third-order valence-electron chi connectivity index (χ3n) is 4.97. The lowest BCUT2D eigenvalue weighted by molar-refractivity contribution is 0.0955. The maximum absolute atomic E-state index is 12.4. The number of rotatable bonds is 8. The maximum atomic E-state index is 12.4. The van der Waals surface area contributed by atoms with Crippen LogP contribution in [-0.4, -0.2) is 26.8 Å². The number of nitrogens with one attached hydrogen (secondary N) is 1. The van der Waals surface area contributed by atoms with E-state index in [1.807, 2.05) is 54.6 Å². The molecule has 166 valence electrons. The molecule has 0 atom stereocenters. The Labute approximate surface area is 189 Å². The number of sulfonamides is 1. The van der Waals surface area contributed by atoms with Crippen molar-refractivity contribution in [2.24, 2.45) is 5.10 Å². The van der Waals surface area contributed by atoms with Crippen molar-refractivity contribution in [1.29, 1.82) is 0 Å². The molecule has 0 radical (unpaired) electrons. The van der Waals surface area contributed by atoms with Crippen molar-refractivity contribution in [2.75, 3.05) is 10.6 Å². The predicted molar refractivity (Wildman–Crippen MR) is 130 cm³/mol. The first-order valence-electron chi connectivity index (χ1n) is 10.3. The van der Waals surface area contributed by atoms with Crippen LogP contribution in [0.15, 0.2) is 84.0 Å². The highest BCUT2D eigenvalue weighted by molar-refractivity contribution is 7.92. The van der Waals surface area contributed by atoms with E-state index in [1.54, 1.807) is 30.5 Å². The molecule has 0 saturated heterocycles. The molecule has 0 aromatic heterocycles. The fourth-order valence-electron chi connectivity index (χ4n) is 3.13. The van der Waals surface area contributed by atoms with E-state index < -0.39 is 10.0 Å². The van der Waals surface area contributed by atoms with Crippen molar-refractivity contribution < 1.29 is 13.2 Å². The fraction of sp³-hybridized carbons (Fsp3) is 0.200. The number of amides is 1. The van der Waals surface area contributed by atoms with Crippen LogP contribution in [0.25, 0.3) is 0 Å². The Hall–Kier alpha value is -3.45. The van der Waals surface area contributed by atoms with E-state index in [2.05, 4.69) is 24.4 Å². The lowest BCUT2D eigenvalue weighted by atomic mass is 10.0. The number of benzene rings is 3. The fourth-order valence-corrected chi connectivity index (χ4v) is 4.01. The number of carbonyl (C=O) groups excluding carboxylic acids is 1. The molecule has 3 rings (SSSR count). The zero-order valence-electron chi connectivity index (χ0n) is 18.4. The third-order valence-corrected chi connectivity index (χ3v) is 6.11. The molecular formula is C25H27N3O3S. The number of hydrogen-bond acceptors (Lipinski definition) is 4. The zero-order chi connectivity index (χ0) is 23.1. The first kappa shape index (κ1) is 23.2. The van der Waals surface area contributed by atoms with Crippen LogP contribution in [0.1, 0.15) is 46.8 Å². The van der Waals surface area contributed by atoms with Crippen molar-refractivity contribution in [3.8, 4) is 0 Å². The van der Waals surface area contributed by atoms with Gasteiger partial charge in [0.25, 0.3) is 5.91 Å². The summed E-state index contributed by atoms with van der Waals surface area (Å²) in [5, 5.41) is 4.01. The summed E-state index contributed by atoms with van der Waals surface area (Å²) in [7, 11) is -3.49. The first-order valence-corrected chi connectivity index (χ1v) is 12.1. The molecule has 0 aliphatic rings. The monoisotopic (exact) mass is 449 g/mol. The van der Waals surface area contributed by atoms with Crippen molar-refractivity contribution in [3.63, 3.8) is 0 Å². The molecule has 1 amide bonds. The normalized spacial score (nSPS) is 11.6. The molecule has 0 bridgehead atoms. The highest BCUT2D eigenvalue weighted by Gasteiger charge is 2.18. The number of carbonyl (C=O) groups is 1. The van der Waals surface area contributed by atoms with Gasteiger partial charge in [-0.1, -0.05) is 68.4 Å². The topological polar surface area (TPSA) is 78.8 Å². The van der Waals surface area contributed by atoms with Gasteiger partial charge in [0.2, 0.25) is 10.0 Å². The van der Waals surface area contributed by atoms with Gasteiger partial charge in [0.15, 0.2) is 0 Å². The second kappa shape index (κ2) is 10.2. The molecular weight excluding hydrogens is 422 g/mol. The molecule has 1 N–H and O–H groups in total. The van der Waals surface area contributed by atoms with Gasteiger partial charge >= 0.3 is 0 Å². The van der Waals surface area contributed by atoms with Crippen LogP contribution in [-0.2, 0) is 16.6 Å². The average molecular weight is 450 g/mol. The summed E-state index contributed by atoms with van der Waals surface area (Å²) in [6, 6.07) is 23.7. The Morgan fingerprint density at radius 1 is 0.969 bits per heavy atom. The minimum atomic E-state index is -3.49. The van der Waals surface area contributed by atoms with E-state index in [-0.39, 0.29) is 12.5 Å². The SMILES string of the molecule is CC(C)c1ccc(/C=N/NC(=O)c2ccc(N(Cc3ccccc3)S(C)(=O)=O)cc2)cc1. The molecule has 0 fully saturated rings. The molecule has 0 spiro atoms. The summed E-state index contributed by atoms with van der Waals surface area (Å²) in [6.45, 7) is 4.47. The van der Waals surface area contributed by atoms with Crippen molar-refractivity contribution in [2.45, 2.75) is 26.3 Å². The minimum absolute atomic E-state index is 0.213. The Morgan fingerprint density at radius 3 is 2.16 bits per heavy atom. The summed E-state index contributed by atoms with van der Waals surface area (Å²) in [4.78, 5) is 12.4. The van der Waals surface area contributed by atoms with Crippen LogP contribution in [0.3, 0.4) is 0 Å². The van der Waals surface area contributed by atoms with Crippen LogP contribution >= 0.6 is 0 Å². The summed E-state index contributed by atoms with van der Waals surface area (Å²) < 4.78 is 25.9. The van der Waals surface area contributed by atoms with Gasteiger partial charge < -0.3 is 0 Å². The maximum Gasteiger partial charge on any atom is 0.271 e. The molecule has 0 aliphatic carbocycles. The molecule has 3 aromatic carbocycles. The molecule has 0 aliphatic heterocycles. The van der Waals surface area contributed by atoms with E-state index in [9.17, 15) is 13.2 Å². The van der Waals surface area contributed by atoms with Gasteiger partial charge in [-0.25, -0.2) is 13.8 Å². The van der Waals surface area contributed by atoms with Gasteiger partial charge in [-0.2, -0.15) is 5.10 Å². The van der Waals surface area contributed by atoms with E-state index in [0.29, 0.717) is 17.2 Å². The molecule has 6 nitrogen and oxygen atoms in total. The third kappa shape index (κ3) is 6.28. The quantitative estimate of drug-likeness (QED) is 0.405. The van der Waals surface area contributed by atoms with Crippen LogP contribution < -0.4 is 9.73 Å². The second-order valence-corrected chi connectivity index (χ2v) is 9.73. The van der Waals surface area contributed by atoms with Crippen molar-refractivity contribution in [3.05, 3.63) is 101 Å². The molecule has 0 saturated carbocycles. The minimum Gasteiger partial charge on any atom is -0.267 e. The van der Waals surface area contributed by atoms with Gasteiger partial charge in [0.1, 0.15) is 0 Å². The van der Waals surface area contributed by atoms with E-state index in [4.69, 9.17) is 0 Å². The van der Waals surface area contributed by atoms with Crippen molar-refractivity contribution >= 4 is 27.8 Å². The van der Waals surface area contributed by atoms with Crippen LogP contribution in [0.2, 0.25) is 0 Å². The number of hydrogen-bond donors (Lipinski definition) is 1. The van der Waals surface area contributed by atoms with E-state index >= 15 is 0 Å². The van der Waals surface area contributed by atoms with Gasteiger partial charge in [-0.3, -0.25) is 9.10 Å². The Morgan fingerprint density at radius 2 is 1.59 bits per heavy atom. The Bertz CT molecular complexity index is 1170. The van der Waals surface area contributed by atoms with Gasteiger partial charge in [0.05, 0.1) is 24.7 Å². The summed E-state index contributed by atoms with van der Waals surface area (Å²) in [5.41, 5.74) is 6.37. The Balaban J connectivity index is 1.67. The first-order chi connectivity index (χ1) is 15.2. The molecule has 0 unspecified atom stereocenters. The van der Waals surface area contributed by atoms with Crippen LogP contribution in [0.5, 0.6) is 0 Å². The molecule has 7 heteroatoms. The zero-order valence-corrected chi connectivity index (χ0v) is 19.2. The molecule has 0 heterocycles. The lowest BCUT2D eigenvalue weighted by Gasteiger charge is -2.22. The summed E-state index contributed by atoms with van der Waals surface area (Å²) >= 11 is 0. The highest BCUT2D eigenvalue weighted by atomic mass is 32.2. The molecule has 3 aromatic rings. The van der Waals surface area contributed by atoms with Gasteiger partial charge in [0, 0.05) is 5.56 Å². The largest absolute Gasteiger partial charge is 0.271 e. The van der Waals surface area contributed by atoms with Crippen LogP contribution in [0, 0.1) is 0 Å². The Kier molecular flexibility index (Phi) is 7.43. The number of nitrogens with zero attached hydrogens (tertiary/aromatic N) is 2. The number of hydrazone groups is 1. The van der Waals surface area contributed by atoms with E-state index in [1.165, 1.54) is 16.1 Å². The van der Waals surface area contributed by atoms with E-state index in [0.717, 1.165) is 11.1 Å². The van der Waals surface area contributed by atoms with Gasteiger partial charge in [-0.05, 0) is 46.9 Å². The molecule has 32 heavy (non-hydrogen) atoms. The van der Waals surface area contributed by atoms with Crippen LogP contribution in [0.4, 0.5) is 5.69 Å². The van der Waals surface area contributed by atoms with Gasteiger partial charge in [-0.15, -0.1) is 0 Å². The highest BCUT2D eigenvalue weighted by Crippen LogP contribution is 2.21. The number of anilines is 1. The van der Waals surface area contributed by atoms with Crippen molar-refractivity contribution in [1.82, 2.24) is 5.43 Å². The summed E-state index contributed by atoms with van der Waals surface area (Å²) in [5.74, 6) is 0.0792. The predicted octanol–water partition coefficient (Wildman–Crippen LogP) is 4.54. The lowest BCUT2D eigenvalue weighted by Crippen LogP contribution is -2.29. The standard InChI is InChI=1S/C25H27N3O3S/c1-19(2)22-11-9-20(10-12-22)17-26-27-25(29)23-13-15-24(16-14-23)28(32(3,30)31)18-21-7-5-4-6-8-21/h4-17,19H,18H2,1-3H3,(H,27,29)/b26-17+.